The molecule has 0 amide bonds. The minimum atomic E-state index is -0.370. The van der Waals surface area contributed by atoms with E-state index in [1.54, 1.807) is 0 Å². The minimum absolute atomic E-state index is 0.0754. The molecule has 5 fully saturated rings. The number of hydrogen-bond donors (Lipinski definition) is 1. The van der Waals surface area contributed by atoms with Gasteiger partial charge in [-0.05, 0) is 62.2 Å². The molecule has 1 N–H and O–H groups in total. The molecule has 4 aliphatic carbocycles. The number of rotatable bonds is 0. The Bertz CT molecular complexity index is 540. The molecule has 1 aliphatic heterocycles. The summed E-state index contributed by atoms with van der Waals surface area (Å²) in [6.07, 6.45) is 7.63. The summed E-state index contributed by atoms with van der Waals surface area (Å²) in [5.74, 6) is 2.46. The van der Waals surface area contributed by atoms with Crippen LogP contribution in [-0.4, -0.2) is 36.0 Å². The summed E-state index contributed by atoms with van der Waals surface area (Å²) in [5, 5.41) is 10.0. The van der Waals surface area contributed by atoms with Gasteiger partial charge in [-0.25, -0.2) is 0 Å². The summed E-state index contributed by atoms with van der Waals surface area (Å²) in [7, 11) is 0. The van der Waals surface area contributed by atoms with Crippen molar-refractivity contribution in [3.8, 4) is 0 Å². The van der Waals surface area contributed by atoms with Crippen LogP contribution in [0.15, 0.2) is 0 Å². The zero-order chi connectivity index (χ0) is 16.5. The molecule has 1 unspecified atom stereocenters. The van der Waals surface area contributed by atoms with Crippen molar-refractivity contribution in [3.05, 3.63) is 0 Å². The van der Waals surface area contributed by atoms with Gasteiger partial charge in [0.05, 0.1) is 19.3 Å². The lowest BCUT2D eigenvalue weighted by molar-refractivity contribution is -0.242. The fourth-order valence-electron chi connectivity index (χ4n) is 7.47. The Kier molecular flexibility index (Phi) is 3.47. The van der Waals surface area contributed by atoms with Crippen LogP contribution >= 0.6 is 0 Å². The maximum Gasteiger partial charge on any atom is 0.174 e. The van der Waals surface area contributed by atoms with E-state index in [1.165, 1.54) is 12.8 Å². The van der Waals surface area contributed by atoms with Crippen molar-refractivity contribution in [1.82, 2.24) is 0 Å². The Morgan fingerprint density at radius 2 is 1.79 bits per heavy atom. The summed E-state index contributed by atoms with van der Waals surface area (Å²) in [4.78, 5) is 12.9. The highest BCUT2D eigenvalue weighted by Crippen LogP contribution is 2.66. The van der Waals surface area contributed by atoms with Crippen LogP contribution in [0.5, 0.6) is 0 Å². The highest BCUT2D eigenvalue weighted by atomic mass is 16.7. The van der Waals surface area contributed by atoms with E-state index in [9.17, 15) is 9.90 Å². The van der Waals surface area contributed by atoms with Gasteiger partial charge in [0, 0.05) is 24.2 Å². The lowest BCUT2D eigenvalue weighted by Gasteiger charge is -2.56. The van der Waals surface area contributed by atoms with Gasteiger partial charge in [0.15, 0.2) is 5.79 Å². The maximum absolute atomic E-state index is 12.9. The highest BCUT2D eigenvalue weighted by Gasteiger charge is 2.66. The van der Waals surface area contributed by atoms with Crippen molar-refractivity contribution in [2.75, 3.05) is 13.2 Å². The van der Waals surface area contributed by atoms with E-state index < -0.39 is 0 Å². The number of aliphatic hydroxyl groups is 1. The number of ketones is 1. The predicted molar refractivity (Wildman–Crippen MR) is 88.1 cm³/mol. The Morgan fingerprint density at radius 1 is 1.00 bits per heavy atom. The number of carbonyl (C=O) groups excluding carboxylic acids is 1. The van der Waals surface area contributed by atoms with Crippen LogP contribution in [0.4, 0.5) is 0 Å². The standard InChI is InChI=1S/C20H30O4/c1-19-6-4-14-13-3-2-12(21)10-16(13)18(22)11-15(14)17(19)5-7-20(19)23-8-9-24-20/h12-17,21H,2-11H2,1H3/t12-,13+,14+,15+,16?,17-,19-/m0/s1. The topological polar surface area (TPSA) is 55.8 Å². The van der Waals surface area contributed by atoms with Crippen molar-refractivity contribution in [1.29, 1.82) is 0 Å². The van der Waals surface area contributed by atoms with Crippen molar-refractivity contribution in [2.45, 2.75) is 70.2 Å². The Hall–Kier alpha value is -0.450. The largest absolute Gasteiger partial charge is 0.393 e. The van der Waals surface area contributed by atoms with E-state index in [4.69, 9.17) is 9.47 Å². The number of Topliss-reactive ketones (excluding diaryl/α,β-unsaturated/α-hetero) is 1. The second-order valence-corrected chi connectivity index (χ2v) is 9.29. The molecule has 4 saturated carbocycles. The van der Waals surface area contributed by atoms with Crippen LogP contribution in [0.25, 0.3) is 0 Å². The number of carbonyl (C=O) groups is 1. The Morgan fingerprint density at radius 3 is 2.58 bits per heavy atom. The van der Waals surface area contributed by atoms with E-state index in [1.807, 2.05) is 0 Å². The predicted octanol–water partition coefficient (Wildman–Crippen LogP) is 2.92. The third-order valence-corrected chi connectivity index (χ3v) is 8.57. The normalized spacial score (nSPS) is 52.8. The van der Waals surface area contributed by atoms with Gasteiger partial charge in [0.25, 0.3) is 0 Å². The van der Waals surface area contributed by atoms with Crippen molar-refractivity contribution < 1.29 is 19.4 Å². The SMILES string of the molecule is C[C@]12CC[C@H]3[C@@H](CC(=O)C4C[C@@H](O)CC[C@@H]43)[C@@H]1CCC21OCCO1. The van der Waals surface area contributed by atoms with Gasteiger partial charge < -0.3 is 14.6 Å². The first-order valence-corrected chi connectivity index (χ1v) is 10.0. The molecule has 24 heavy (non-hydrogen) atoms. The zero-order valence-corrected chi connectivity index (χ0v) is 14.7. The van der Waals surface area contributed by atoms with Crippen LogP contribution in [0.2, 0.25) is 0 Å². The second-order valence-electron chi connectivity index (χ2n) is 9.29. The fourth-order valence-corrected chi connectivity index (χ4v) is 7.47. The van der Waals surface area contributed by atoms with Gasteiger partial charge in [-0.3, -0.25) is 4.79 Å². The van der Waals surface area contributed by atoms with Crippen molar-refractivity contribution in [2.24, 2.45) is 35.0 Å². The quantitative estimate of drug-likeness (QED) is 0.740. The van der Waals surface area contributed by atoms with Crippen LogP contribution in [0, 0.1) is 35.0 Å². The van der Waals surface area contributed by atoms with Gasteiger partial charge in [0.2, 0.25) is 0 Å². The first-order valence-electron chi connectivity index (χ1n) is 10.0. The summed E-state index contributed by atoms with van der Waals surface area (Å²) in [5.41, 5.74) is 0.0754. The van der Waals surface area contributed by atoms with Crippen LogP contribution in [0.1, 0.15) is 58.3 Å². The molecule has 1 spiro atoms. The molecule has 0 aromatic carbocycles. The summed E-state index contributed by atoms with van der Waals surface area (Å²) in [6.45, 7) is 3.81. The van der Waals surface area contributed by atoms with Crippen LogP contribution in [-0.2, 0) is 14.3 Å². The molecule has 7 atom stereocenters. The Balaban J connectivity index is 1.45. The summed E-state index contributed by atoms with van der Waals surface area (Å²) >= 11 is 0. The first kappa shape index (κ1) is 15.8. The first-order chi connectivity index (χ1) is 11.5. The van der Waals surface area contributed by atoms with E-state index in [0.29, 0.717) is 35.9 Å². The second kappa shape index (κ2) is 5.28. The van der Waals surface area contributed by atoms with Gasteiger partial charge >= 0.3 is 0 Å². The molecule has 5 rings (SSSR count). The zero-order valence-electron chi connectivity index (χ0n) is 14.7. The number of fused-ring (bicyclic) bond motifs is 6. The van der Waals surface area contributed by atoms with Crippen molar-refractivity contribution >= 4 is 5.78 Å². The summed E-state index contributed by atoms with van der Waals surface area (Å²) < 4.78 is 12.3. The molecule has 4 heteroatoms. The highest BCUT2D eigenvalue weighted by molar-refractivity contribution is 5.82. The summed E-state index contributed by atoms with van der Waals surface area (Å²) in [6, 6.07) is 0. The molecule has 134 valence electrons. The van der Waals surface area contributed by atoms with E-state index in [-0.39, 0.29) is 23.2 Å². The number of ether oxygens (including phenoxy) is 2. The molecule has 0 aromatic rings. The van der Waals surface area contributed by atoms with Gasteiger partial charge in [0.1, 0.15) is 5.78 Å². The van der Waals surface area contributed by atoms with Gasteiger partial charge in [-0.2, -0.15) is 0 Å². The molecule has 1 saturated heterocycles. The lowest BCUT2D eigenvalue weighted by atomic mass is 9.49. The average molecular weight is 334 g/mol. The van der Waals surface area contributed by atoms with Gasteiger partial charge in [-0.1, -0.05) is 6.92 Å². The molecular formula is C20H30O4. The van der Waals surface area contributed by atoms with Crippen molar-refractivity contribution in [3.63, 3.8) is 0 Å². The van der Waals surface area contributed by atoms with E-state index in [0.717, 1.165) is 45.3 Å². The third-order valence-electron chi connectivity index (χ3n) is 8.57. The fraction of sp³-hybridized carbons (Fsp3) is 0.950. The average Bonchev–Trinajstić information content (AvgIpc) is 3.15. The molecular weight excluding hydrogens is 304 g/mol. The molecule has 0 bridgehead atoms. The molecule has 0 aromatic heterocycles. The molecule has 0 radical (unpaired) electrons. The minimum Gasteiger partial charge on any atom is -0.393 e. The van der Waals surface area contributed by atoms with Crippen LogP contribution in [0.3, 0.4) is 0 Å². The van der Waals surface area contributed by atoms with E-state index >= 15 is 0 Å². The van der Waals surface area contributed by atoms with Crippen LogP contribution < -0.4 is 0 Å². The molecule has 5 aliphatic rings. The maximum atomic E-state index is 12.9. The Labute approximate surface area is 144 Å². The molecule has 1 heterocycles. The number of hydrogen-bond acceptors (Lipinski definition) is 4. The third kappa shape index (κ3) is 1.94. The van der Waals surface area contributed by atoms with E-state index in [2.05, 4.69) is 6.92 Å². The molecule has 4 nitrogen and oxygen atoms in total. The smallest absolute Gasteiger partial charge is 0.174 e. The number of aliphatic hydroxyl groups excluding tert-OH is 1. The lowest BCUT2D eigenvalue weighted by Crippen LogP contribution is -2.55. The monoisotopic (exact) mass is 334 g/mol. The van der Waals surface area contributed by atoms with Gasteiger partial charge in [-0.15, -0.1) is 0 Å².